The molecule has 1 aromatic rings. The van der Waals surface area contributed by atoms with Gasteiger partial charge >= 0.3 is 0 Å². The van der Waals surface area contributed by atoms with Crippen LogP contribution in [0.15, 0.2) is 24.3 Å². The molecule has 1 heterocycles. The van der Waals surface area contributed by atoms with Gasteiger partial charge in [-0.05, 0) is 37.5 Å². The zero-order valence-electron chi connectivity index (χ0n) is 14.6. The van der Waals surface area contributed by atoms with E-state index in [0.717, 1.165) is 30.6 Å². The molecule has 2 aliphatic rings. The van der Waals surface area contributed by atoms with Crippen LogP contribution < -0.4 is 10.6 Å². The van der Waals surface area contributed by atoms with Crippen LogP contribution in [-0.2, 0) is 14.3 Å². The van der Waals surface area contributed by atoms with Gasteiger partial charge in [0.15, 0.2) is 5.79 Å². The molecule has 5 heteroatoms. The highest BCUT2D eigenvalue weighted by Gasteiger charge is 2.42. The third-order valence-electron chi connectivity index (χ3n) is 4.89. The number of carbonyl (C=O) groups is 1. The monoisotopic (exact) mass is 332 g/mol. The third kappa shape index (κ3) is 4.35. The molecule has 0 aromatic heterocycles. The highest BCUT2D eigenvalue weighted by Crippen LogP contribution is 2.37. The summed E-state index contributed by atoms with van der Waals surface area (Å²) in [4.78, 5) is 11.2. The SMILES string of the molecule is CC(=O)Nc1cccc([C@H](C)NC[C@H]2COC3(CCCCC3)O2)c1. The van der Waals surface area contributed by atoms with E-state index in [1.165, 1.54) is 26.2 Å². The number of anilines is 1. The van der Waals surface area contributed by atoms with Crippen LogP contribution >= 0.6 is 0 Å². The number of hydrogen-bond acceptors (Lipinski definition) is 4. The van der Waals surface area contributed by atoms with Crippen LogP contribution in [0.4, 0.5) is 5.69 Å². The summed E-state index contributed by atoms with van der Waals surface area (Å²) >= 11 is 0. The van der Waals surface area contributed by atoms with Crippen molar-refractivity contribution in [3.8, 4) is 0 Å². The zero-order chi connectivity index (χ0) is 17.0. The number of benzene rings is 1. The highest BCUT2D eigenvalue weighted by molar-refractivity contribution is 5.88. The van der Waals surface area contributed by atoms with Crippen molar-refractivity contribution in [1.29, 1.82) is 0 Å². The van der Waals surface area contributed by atoms with E-state index in [-0.39, 0.29) is 23.8 Å². The van der Waals surface area contributed by atoms with Gasteiger partial charge in [-0.3, -0.25) is 4.79 Å². The van der Waals surface area contributed by atoms with E-state index in [2.05, 4.69) is 23.6 Å². The summed E-state index contributed by atoms with van der Waals surface area (Å²) in [6.07, 6.45) is 5.86. The van der Waals surface area contributed by atoms with Crippen molar-refractivity contribution >= 4 is 11.6 Å². The van der Waals surface area contributed by atoms with Crippen LogP contribution in [0.5, 0.6) is 0 Å². The summed E-state index contributed by atoms with van der Waals surface area (Å²) in [5.74, 6) is -0.360. The summed E-state index contributed by atoms with van der Waals surface area (Å²) < 4.78 is 12.2. The fraction of sp³-hybridized carbons (Fsp3) is 0.632. The Balaban J connectivity index is 1.50. The first-order chi connectivity index (χ1) is 11.6. The lowest BCUT2D eigenvalue weighted by Gasteiger charge is -2.31. The minimum atomic E-state index is -0.306. The number of hydrogen-bond donors (Lipinski definition) is 2. The van der Waals surface area contributed by atoms with Gasteiger partial charge in [-0.15, -0.1) is 0 Å². The molecule has 1 amide bonds. The molecule has 1 saturated carbocycles. The maximum absolute atomic E-state index is 11.2. The average molecular weight is 332 g/mol. The largest absolute Gasteiger partial charge is 0.347 e. The molecule has 0 unspecified atom stereocenters. The van der Waals surface area contributed by atoms with Gasteiger partial charge in [-0.1, -0.05) is 18.6 Å². The molecule has 1 spiro atoms. The Labute approximate surface area is 144 Å². The van der Waals surface area contributed by atoms with Crippen LogP contribution in [0.1, 0.15) is 57.6 Å². The number of nitrogens with one attached hydrogen (secondary N) is 2. The van der Waals surface area contributed by atoms with E-state index < -0.39 is 0 Å². The molecule has 0 radical (unpaired) electrons. The Hall–Kier alpha value is -1.43. The molecular weight excluding hydrogens is 304 g/mol. The molecular formula is C19H28N2O3. The van der Waals surface area contributed by atoms with Crippen molar-refractivity contribution in [3.05, 3.63) is 29.8 Å². The van der Waals surface area contributed by atoms with Gasteiger partial charge in [0.05, 0.1) is 12.7 Å². The molecule has 1 saturated heterocycles. The summed E-state index contributed by atoms with van der Waals surface area (Å²) in [6.45, 7) is 5.09. The van der Waals surface area contributed by atoms with Crippen molar-refractivity contribution in [2.75, 3.05) is 18.5 Å². The van der Waals surface area contributed by atoms with E-state index >= 15 is 0 Å². The molecule has 2 atom stereocenters. The van der Waals surface area contributed by atoms with Crippen LogP contribution in [0, 0.1) is 0 Å². The lowest BCUT2D eigenvalue weighted by Crippen LogP contribution is -2.36. The molecule has 0 bridgehead atoms. The number of carbonyl (C=O) groups excluding carboxylic acids is 1. The molecule has 5 nitrogen and oxygen atoms in total. The van der Waals surface area contributed by atoms with Crippen molar-refractivity contribution in [1.82, 2.24) is 5.32 Å². The second kappa shape index (κ2) is 7.64. The minimum Gasteiger partial charge on any atom is -0.347 e. The maximum Gasteiger partial charge on any atom is 0.221 e. The molecule has 1 aromatic carbocycles. The lowest BCUT2D eigenvalue weighted by atomic mass is 9.94. The Kier molecular flexibility index (Phi) is 5.54. The standard InChI is InChI=1S/C19H28N2O3/c1-14(16-7-6-8-17(11-16)21-15(2)22)20-12-18-13-23-19(24-18)9-4-3-5-10-19/h6-8,11,14,18,20H,3-5,9-10,12-13H2,1-2H3,(H,21,22)/t14-,18-/m0/s1. The van der Waals surface area contributed by atoms with Crippen molar-refractivity contribution in [2.45, 2.75) is 63.9 Å². The van der Waals surface area contributed by atoms with Gasteiger partial charge in [-0.25, -0.2) is 0 Å². The van der Waals surface area contributed by atoms with E-state index in [4.69, 9.17) is 9.47 Å². The topological polar surface area (TPSA) is 59.6 Å². The molecule has 2 N–H and O–H groups in total. The van der Waals surface area contributed by atoms with E-state index in [9.17, 15) is 4.79 Å². The predicted molar refractivity (Wildman–Crippen MR) is 93.8 cm³/mol. The Bertz CT molecular complexity index is 569. The van der Waals surface area contributed by atoms with E-state index in [1.807, 2.05) is 18.2 Å². The van der Waals surface area contributed by atoms with Crippen molar-refractivity contribution < 1.29 is 14.3 Å². The second-order valence-corrected chi connectivity index (χ2v) is 6.96. The van der Waals surface area contributed by atoms with E-state index in [0.29, 0.717) is 6.61 Å². The van der Waals surface area contributed by atoms with Gasteiger partial charge in [0.2, 0.25) is 5.91 Å². The molecule has 1 aliphatic heterocycles. The Morgan fingerprint density at radius 1 is 1.33 bits per heavy atom. The van der Waals surface area contributed by atoms with Gasteiger partial charge in [0.25, 0.3) is 0 Å². The normalized spacial score (nSPS) is 24.0. The van der Waals surface area contributed by atoms with Gasteiger partial charge < -0.3 is 20.1 Å². The van der Waals surface area contributed by atoms with Crippen molar-refractivity contribution in [2.24, 2.45) is 0 Å². The van der Waals surface area contributed by atoms with Gasteiger partial charge in [-0.2, -0.15) is 0 Å². The summed E-state index contributed by atoms with van der Waals surface area (Å²) in [7, 11) is 0. The highest BCUT2D eigenvalue weighted by atomic mass is 16.7. The summed E-state index contributed by atoms with van der Waals surface area (Å²) in [5.41, 5.74) is 1.97. The number of amides is 1. The molecule has 2 fully saturated rings. The molecule has 132 valence electrons. The smallest absolute Gasteiger partial charge is 0.221 e. The third-order valence-corrected chi connectivity index (χ3v) is 4.89. The summed E-state index contributed by atoms with van der Waals surface area (Å²) in [6, 6.07) is 8.12. The van der Waals surface area contributed by atoms with E-state index in [1.54, 1.807) is 0 Å². The minimum absolute atomic E-state index is 0.0537. The Morgan fingerprint density at radius 2 is 2.12 bits per heavy atom. The van der Waals surface area contributed by atoms with Crippen LogP contribution in [-0.4, -0.2) is 30.9 Å². The first kappa shape index (κ1) is 17.4. The van der Waals surface area contributed by atoms with Crippen LogP contribution in [0.2, 0.25) is 0 Å². The van der Waals surface area contributed by atoms with Crippen LogP contribution in [0.3, 0.4) is 0 Å². The molecule has 1 aliphatic carbocycles. The molecule has 24 heavy (non-hydrogen) atoms. The first-order valence-electron chi connectivity index (χ1n) is 8.99. The maximum atomic E-state index is 11.2. The lowest BCUT2D eigenvalue weighted by molar-refractivity contribution is -0.186. The fourth-order valence-corrected chi connectivity index (χ4v) is 3.58. The van der Waals surface area contributed by atoms with Gasteiger partial charge in [0.1, 0.15) is 0 Å². The van der Waals surface area contributed by atoms with Crippen LogP contribution in [0.25, 0.3) is 0 Å². The quantitative estimate of drug-likeness (QED) is 0.868. The number of ether oxygens (including phenoxy) is 2. The zero-order valence-corrected chi connectivity index (χ0v) is 14.6. The van der Waals surface area contributed by atoms with Gasteiger partial charge in [0, 0.05) is 38.0 Å². The Morgan fingerprint density at radius 3 is 2.88 bits per heavy atom. The first-order valence-corrected chi connectivity index (χ1v) is 8.99. The summed E-state index contributed by atoms with van der Waals surface area (Å²) in [5, 5.41) is 6.35. The average Bonchev–Trinajstić information content (AvgIpc) is 2.95. The predicted octanol–water partition coefficient (Wildman–Crippen LogP) is 3.37. The number of rotatable bonds is 5. The fourth-order valence-electron chi connectivity index (χ4n) is 3.58. The van der Waals surface area contributed by atoms with Crippen molar-refractivity contribution in [3.63, 3.8) is 0 Å². The second-order valence-electron chi connectivity index (χ2n) is 6.96. The molecule has 3 rings (SSSR count).